The fourth-order valence-electron chi connectivity index (χ4n) is 4.03. The highest BCUT2D eigenvalue weighted by Crippen LogP contribution is 2.42. The van der Waals surface area contributed by atoms with E-state index in [0.717, 1.165) is 46.7 Å². The van der Waals surface area contributed by atoms with E-state index in [4.69, 9.17) is 25.8 Å². The van der Waals surface area contributed by atoms with E-state index in [9.17, 15) is 0 Å². The van der Waals surface area contributed by atoms with Crippen molar-refractivity contribution in [3.8, 4) is 17.2 Å². The summed E-state index contributed by atoms with van der Waals surface area (Å²) in [6, 6.07) is 18.3. The van der Waals surface area contributed by atoms with Crippen LogP contribution in [0.5, 0.6) is 17.2 Å². The predicted octanol–water partition coefficient (Wildman–Crippen LogP) is 5.48. The van der Waals surface area contributed by atoms with Gasteiger partial charge in [0.15, 0.2) is 11.5 Å². The van der Waals surface area contributed by atoms with Gasteiger partial charge in [-0.05, 0) is 53.8 Å². The van der Waals surface area contributed by atoms with Crippen LogP contribution in [0.2, 0.25) is 5.02 Å². The van der Waals surface area contributed by atoms with E-state index in [0.29, 0.717) is 17.4 Å². The first-order valence-corrected chi connectivity index (χ1v) is 10.4. The first-order valence-electron chi connectivity index (χ1n) is 10.1. The number of fused-ring (bicyclic) bond motifs is 1. The maximum atomic E-state index is 6.48. The molecule has 1 atom stereocenters. The van der Waals surface area contributed by atoms with Gasteiger partial charge in [-0.1, -0.05) is 48.0 Å². The summed E-state index contributed by atoms with van der Waals surface area (Å²) in [5.74, 6) is 2.18. The van der Waals surface area contributed by atoms with Gasteiger partial charge in [0.05, 0.1) is 25.3 Å². The Morgan fingerprint density at radius 2 is 1.77 bits per heavy atom. The second-order valence-electron chi connectivity index (χ2n) is 7.48. The Labute approximate surface area is 182 Å². The molecule has 30 heavy (non-hydrogen) atoms. The van der Waals surface area contributed by atoms with Gasteiger partial charge >= 0.3 is 0 Å². The van der Waals surface area contributed by atoms with Gasteiger partial charge in [0.25, 0.3) is 0 Å². The predicted molar refractivity (Wildman–Crippen MR) is 120 cm³/mol. The number of nitrogens with one attached hydrogen (secondary N) is 1. The van der Waals surface area contributed by atoms with Gasteiger partial charge in [-0.2, -0.15) is 0 Å². The monoisotopic (exact) mass is 423 g/mol. The van der Waals surface area contributed by atoms with Crippen molar-refractivity contribution in [2.24, 2.45) is 0 Å². The van der Waals surface area contributed by atoms with Crippen LogP contribution in [0.25, 0.3) is 0 Å². The summed E-state index contributed by atoms with van der Waals surface area (Å²) in [6.45, 7) is 3.38. The summed E-state index contributed by atoms with van der Waals surface area (Å²) < 4.78 is 17.4. The van der Waals surface area contributed by atoms with E-state index in [1.165, 1.54) is 5.56 Å². The number of benzene rings is 3. The molecule has 5 heteroatoms. The Bertz CT molecular complexity index is 1040. The van der Waals surface area contributed by atoms with E-state index in [2.05, 4.69) is 35.6 Å². The normalized spacial score (nSPS) is 15.4. The molecule has 3 aromatic carbocycles. The molecule has 1 N–H and O–H groups in total. The number of hydrogen-bond donors (Lipinski definition) is 1. The number of ether oxygens (including phenoxy) is 3. The smallest absolute Gasteiger partial charge is 0.162 e. The summed E-state index contributed by atoms with van der Waals surface area (Å²) in [5, 5.41) is 4.25. The van der Waals surface area contributed by atoms with E-state index in [-0.39, 0.29) is 6.04 Å². The van der Waals surface area contributed by atoms with Gasteiger partial charge in [-0.3, -0.25) is 0 Å². The van der Waals surface area contributed by atoms with Crippen LogP contribution in [0.4, 0.5) is 0 Å². The fraction of sp³-hybridized carbons (Fsp3) is 0.280. The third kappa shape index (κ3) is 4.11. The quantitative estimate of drug-likeness (QED) is 0.569. The highest BCUT2D eigenvalue weighted by molar-refractivity contribution is 6.32. The molecule has 0 saturated heterocycles. The molecule has 0 aromatic heterocycles. The Morgan fingerprint density at radius 3 is 2.50 bits per heavy atom. The Morgan fingerprint density at radius 1 is 0.967 bits per heavy atom. The van der Waals surface area contributed by atoms with Gasteiger partial charge in [0.1, 0.15) is 12.4 Å². The first kappa shape index (κ1) is 20.6. The maximum Gasteiger partial charge on any atom is 0.162 e. The minimum atomic E-state index is -0.0360. The van der Waals surface area contributed by atoms with Crippen molar-refractivity contribution in [1.82, 2.24) is 5.32 Å². The van der Waals surface area contributed by atoms with Crippen LogP contribution in [0.3, 0.4) is 0 Å². The van der Waals surface area contributed by atoms with E-state index >= 15 is 0 Å². The number of halogens is 1. The van der Waals surface area contributed by atoms with Gasteiger partial charge < -0.3 is 19.5 Å². The molecule has 1 aliphatic rings. The van der Waals surface area contributed by atoms with Crippen LogP contribution in [0.15, 0.2) is 54.6 Å². The molecule has 156 valence electrons. The van der Waals surface area contributed by atoms with Crippen molar-refractivity contribution < 1.29 is 14.2 Å². The molecule has 1 aliphatic heterocycles. The molecule has 0 saturated carbocycles. The molecule has 0 fully saturated rings. The maximum absolute atomic E-state index is 6.48. The lowest BCUT2D eigenvalue weighted by Crippen LogP contribution is -2.31. The standard InChI is InChI=1S/C25H26ClNO3/c1-16-11-20(25(29-3)21(26)12-16)24-19-14-23(30-15-17-7-5-4-6-8-17)22(28-2)13-18(19)9-10-27-24/h4-8,11-14,24,27H,9-10,15H2,1-3H3. The average molecular weight is 424 g/mol. The number of methoxy groups -OCH3 is 2. The highest BCUT2D eigenvalue weighted by Gasteiger charge is 2.27. The van der Waals surface area contributed by atoms with Crippen LogP contribution >= 0.6 is 11.6 Å². The number of hydrogen-bond acceptors (Lipinski definition) is 4. The molecular weight excluding hydrogens is 398 g/mol. The van der Waals surface area contributed by atoms with E-state index in [1.807, 2.05) is 31.2 Å². The lowest BCUT2D eigenvalue weighted by atomic mass is 9.88. The zero-order valence-corrected chi connectivity index (χ0v) is 18.3. The van der Waals surface area contributed by atoms with Gasteiger partial charge in [0, 0.05) is 12.1 Å². The zero-order chi connectivity index (χ0) is 21.1. The summed E-state index contributed by atoms with van der Waals surface area (Å²) in [7, 11) is 3.34. The van der Waals surface area contributed by atoms with Crippen molar-refractivity contribution >= 4 is 11.6 Å². The number of rotatable bonds is 6. The topological polar surface area (TPSA) is 39.7 Å². The SMILES string of the molecule is COc1cc2c(cc1OCc1ccccc1)C(c1cc(C)cc(Cl)c1OC)NCC2. The van der Waals surface area contributed by atoms with Crippen molar-refractivity contribution in [1.29, 1.82) is 0 Å². The molecule has 4 rings (SSSR count). The Balaban J connectivity index is 1.74. The third-order valence-electron chi connectivity index (χ3n) is 5.45. The third-order valence-corrected chi connectivity index (χ3v) is 5.73. The van der Waals surface area contributed by atoms with Crippen molar-refractivity contribution in [3.63, 3.8) is 0 Å². The summed E-state index contributed by atoms with van der Waals surface area (Å²) >= 11 is 6.48. The van der Waals surface area contributed by atoms with Crippen LogP contribution in [0, 0.1) is 6.92 Å². The molecule has 0 spiro atoms. The zero-order valence-electron chi connectivity index (χ0n) is 17.5. The molecule has 0 aliphatic carbocycles. The minimum absolute atomic E-state index is 0.0360. The van der Waals surface area contributed by atoms with Crippen LogP contribution in [-0.4, -0.2) is 20.8 Å². The second kappa shape index (κ2) is 8.99. The Hall–Kier alpha value is -2.69. The minimum Gasteiger partial charge on any atom is -0.495 e. The molecule has 3 aromatic rings. The lowest BCUT2D eigenvalue weighted by molar-refractivity contribution is 0.283. The average Bonchev–Trinajstić information content (AvgIpc) is 2.76. The van der Waals surface area contributed by atoms with E-state index in [1.54, 1.807) is 14.2 Å². The summed E-state index contributed by atoms with van der Waals surface area (Å²) in [6.07, 6.45) is 0.920. The molecular formula is C25H26ClNO3. The molecule has 0 bridgehead atoms. The Kier molecular flexibility index (Phi) is 6.16. The largest absolute Gasteiger partial charge is 0.495 e. The van der Waals surface area contributed by atoms with E-state index < -0.39 is 0 Å². The second-order valence-corrected chi connectivity index (χ2v) is 7.89. The fourth-order valence-corrected chi connectivity index (χ4v) is 4.39. The lowest BCUT2D eigenvalue weighted by Gasteiger charge is -2.30. The molecule has 1 heterocycles. The van der Waals surface area contributed by atoms with Crippen molar-refractivity contribution in [3.05, 3.63) is 87.4 Å². The van der Waals surface area contributed by atoms with Gasteiger partial charge in [0.2, 0.25) is 0 Å². The molecule has 0 amide bonds. The van der Waals surface area contributed by atoms with Gasteiger partial charge in [-0.15, -0.1) is 0 Å². The summed E-state index contributed by atoms with van der Waals surface area (Å²) in [5.41, 5.74) is 5.63. The van der Waals surface area contributed by atoms with Gasteiger partial charge in [-0.25, -0.2) is 0 Å². The van der Waals surface area contributed by atoms with Crippen LogP contribution in [-0.2, 0) is 13.0 Å². The molecule has 4 nitrogen and oxygen atoms in total. The first-order chi connectivity index (χ1) is 14.6. The van der Waals surface area contributed by atoms with Crippen molar-refractivity contribution in [2.75, 3.05) is 20.8 Å². The molecule has 0 radical (unpaired) electrons. The molecule has 1 unspecified atom stereocenters. The number of aryl methyl sites for hydroxylation is 1. The van der Waals surface area contributed by atoms with Crippen molar-refractivity contribution in [2.45, 2.75) is 26.0 Å². The van der Waals surface area contributed by atoms with Crippen LogP contribution in [0.1, 0.15) is 33.9 Å². The summed E-state index contributed by atoms with van der Waals surface area (Å²) in [4.78, 5) is 0. The van der Waals surface area contributed by atoms with Crippen LogP contribution < -0.4 is 19.5 Å². The highest BCUT2D eigenvalue weighted by atomic mass is 35.5.